The van der Waals surface area contributed by atoms with Crippen LogP contribution in [-0.2, 0) is 4.79 Å². The number of hydrogen-bond donors (Lipinski definition) is 0. The van der Waals surface area contributed by atoms with E-state index in [2.05, 4.69) is 31.9 Å². The first-order valence-corrected chi connectivity index (χ1v) is 9.23. The average molecular weight is 405 g/mol. The van der Waals surface area contributed by atoms with Crippen molar-refractivity contribution in [1.29, 1.82) is 0 Å². The van der Waals surface area contributed by atoms with E-state index in [1.807, 2.05) is 49.2 Å². The number of aromatic amines is 1. The third kappa shape index (κ3) is 4.31. The first-order chi connectivity index (χ1) is 12.0. The van der Waals surface area contributed by atoms with Gasteiger partial charge in [-0.1, -0.05) is 22.0 Å². The molecule has 0 bridgehead atoms. The monoisotopic (exact) mass is 404 g/mol. The fourth-order valence-corrected chi connectivity index (χ4v) is 3.23. The molecule has 1 aliphatic heterocycles. The number of aromatic nitrogens is 1. The number of H-pyrrole nitrogens is 1. The van der Waals surface area contributed by atoms with Gasteiger partial charge in [0.2, 0.25) is 0 Å². The van der Waals surface area contributed by atoms with Crippen LogP contribution in [0.4, 0.5) is 5.82 Å². The van der Waals surface area contributed by atoms with Gasteiger partial charge in [0.25, 0.3) is 11.7 Å². The van der Waals surface area contributed by atoms with Crippen molar-refractivity contribution in [2.75, 3.05) is 37.7 Å². The van der Waals surface area contributed by atoms with Crippen LogP contribution in [0.5, 0.6) is 5.75 Å². The largest absolute Gasteiger partial charge is 0.484 e. The first-order valence-electron chi connectivity index (χ1n) is 8.43. The molecule has 2 aromatic rings. The number of hydrogen-bond acceptors (Lipinski definition) is 3. The van der Waals surface area contributed by atoms with E-state index in [9.17, 15) is 4.79 Å². The summed E-state index contributed by atoms with van der Waals surface area (Å²) in [6.07, 6.45) is 1.92. The van der Waals surface area contributed by atoms with Crippen LogP contribution in [0.2, 0.25) is 0 Å². The van der Waals surface area contributed by atoms with Gasteiger partial charge in [0.15, 0.2) is 6.61 Å². The minimum absolute atomic E-state index is 0.0370. The van der Waals surface area contributed by atoms with Gasteiger partial charge in [-0.25, -0.2) is 4.98 Å². The minimum atomic E-state index is 0.0370. The van der Waals surface area contributed by atoms with E-state index in [4.69, 9.17) is 4.74 Å². The summed E-state index contributed by atoms with van der Waals surface area (Å²) in [5.41, 5.74) is 2.21. The van der Waals surface area contributed by atoms with Gasteiger partial charge < -0.3 is 9.64 Å². The van der Waals surface area contributed by atoms with Crippen molar-refractivity contribution in [3.63, 3.8) is 0 Å². The maximum absolute atomic E-state index is 12.4. The minimum Gasteiger partial charge on any atom is -0.484 e. The fourth-order valence-electron chi connectivity index (χ4n) is 3.00. The number of carbonyl (C=O) groups excluding carboxylic acids is 1. The lowest BCUT2D eigenvalue weighted by Crippen LogP contribution is -2.51. The molecule has 1 amide bonds. The second-order valence-corrected chi connectivity index (χ2v) is 7.07. The van der Waals surface area contributed by atoms with Gasteiger partial charge in [-0.05, 0) is 43.2 Å². The lowest BCUT2D eigenvalue weighted by atomic mass is 10.1. The van der Waals surface area contributed by atoms with Crippen LogP contribution >= 0.6 is 15.9 Å². The van der Waals surface area contributed by atoms with Crippen molar-refractivity contribution in [2.24, 2.45) is 0 Å². The second kappa shape index (κ2) is 7.87. The summed E-state index contributed by atoms with van der Waals surface area (Å²) in [6, 6.07) is 9.94. The smallest absolute Gasteiger partial charge is 0.274 e. The van der Waals surface area contributed by atoms with Gasteiger partial charge in [-0.15, -0.1) is 0 Å². The van der Waals surface area contributed by atoms with Crippen LogP contribution in [0.15, 0.2) is 41.0 Å². The molecule has 1 aromatic heterocycles. The molecule has 3 rings (SSSR count). The van der Waals surface area contributed by atoms with Gasteiger partial charge in [0, 0.05) is 10.5 Å². The Balaban J connectivity index is 1.51. The van der Waals surface area contributed by atoms with E-state index in [0.29, 0.717) is 13.1 Å². The molecule has 1 aromatic carbocycles. The predicted molar refractivity (Wildman–Crippen MR) is 101 cm³/mol. The number of anilines is 1. The lowest BCUT2D eigenvalue weighted by molar-refractivity contribution is -0.364. The molecule has 0 unspecified atom stereocenters. The highest BCUT2D eigenvalue weighted by Gasteiger charge is 2.26. The predicted octanol–water partition coefficient (Wildman–Crippen LogP) is 2.61. The van der Waals surface area contributed by atoms with Crippen LogP contribution in [0.25, 0.3) is 0 Å². The summed E-state index contributed by atoms with van der Waals surface area (Å²) < 4.78 is 6.80. The molecule has 0 radical (unpaired) electrons. The van der Waals surface area contributed by atoms with E-state index >= 15 is 0 Å². The first kappa shape index (κ1) is 17.7. The molecule has 0 spiro atoms. The van der Waals surface area contributed by atoms with Gasteiger partial charge in [-0.3, -0.25) is 9.69 Å². The van der Waals surface area contributed by atoms with Crippen molar-refractivity contribution >= 4 is 27.7 Å². The highest BCUT2D eigenvalue weighted by atomic mass is 79.9. The lowest BCUT2D eigenvalue weighted by Gasteiger charge is -2.30. The number of nitrogens with zero attached hydrogens (tertiary/aromatic N) is 2. The third-order valence-electron chi connectivity index (χ3n) is 4.44. The molecule has 5 nitrogen and oxygen atoms in total. The van der Waals surface area contributed by atoms with E-state index in [1.165, 1.54) is 0 Å². The quantitative estimate of drug-likeness (QED) is 0.786. The maximum Gasteiger partial charge on any atom is 0.274 e. The molecule has 1 saturated heterocycles. The SMILES string of the molecule is Cc1cc(OCC(=O)N2CCN(c3cccc[nH+]3)CC2)cc(C)c1Br. The Morgan fingerprint density at radius 3 is 2.44 bits per heavy atom. The number of halogens is 1. The van der Waals surface area contributed by atoms with E-state index in [0.717, 1.165) is 40.3 Å². The topological polar surface area (TPSA) is 46.9 Å². The zero-order valence-corrected chi connectivity index (χ0v) is 16.2. The Morgan fingerprint density at radius 1 is 1.16 bits per heavy atom. The molecule has 0 aliphatic carbocycles. The Morgan fingerprint density at radius 2 is 1.84 bits per heavy atom. The molecule has 0 saturated carbocycles. The van der Waals surface area contributed by atoms with Crippen LogP contribution in [-0.4, -0.2) is 43.6 Å². The number of benzene rings is 1. The maximum atomic E-state index is 12.4. The number of aryl methyl sites for hydroxylation is 2. The van der Waals surface area contributed by atoms with E-state index in [1.54, 1.807) is 0 Å². The highest BCUT2D eigenvalue weighted by Crippen LogP contribution is 2.26. The van der Waals surface area contributed by atoms with Crippen LogP contribution < -0.4 is 14.6 Å². The molecule has 1 fully saturated rings. The molecule has 1 N–H and O–H groups in total. The normalized spacial score (nSPS) is 14.5. The Kier molecular flexibility index (Phi) is 5.58. The molecular formula is C19H23BrN3O2+. The van der Waals surface area contributed by atoms with Gasteiger partial charge >= 0.3 is 0 Å². The van der Waals surface area contributed by atoms with Gasteiger partial charge in [-0.2, -0.15) is 0 Å². The summed E-state index contributed by atoms with van der Waals surface area (Å²) in [5.74, 6) is 1.87. The number of nitrogens with one attached hydrogen (secondary N) is 1. The Hall–Kier alpha value is -2.08. The number of pyridine rings is 1. The molecule has 132 valence electrons. The van der Waals surface area contributed by atoms with Crippen molar-refractivity contribution in [2.45, 2.75) is 13.8 Å². The number of carbonyl (C=O) groups is 1. The number of rotatable bonds is 4. The summed E-state index contributed by atoms with van der Waals surface area (Å²) in [6.45, 7) is 7.19. The van der Waals surface area contributed by atoms with Crippen molar-refractivity contribution in [3.05, 3.63) is 52.1 Å². The average Bonchev–Trinajstić information content (AvgIpc) is 2.65. The molecule has 1 aliphatic rings. The van der Waals surface area contributed by atoms with E-state index < -0.39 is 0 Å². The number of amides is 1. The van der Waals surface area contributed by atoms with Crippen molar-refractivity contribution in [1.82, 2.24) is 4.90 Å². The zero-order chi connectivity index (χ0) is 17.8. The van der Waals surface area contributed by atoms with Crippen LogP contribution in [0, 0.1) is 13.8 Å². The zero-order valence-electron chi connectivity index (χ0n) is 14.6. The van der Waals surface area contributed by atoms with Crippen molar-refractivity contribution < 1.29 is 14.5 Å². The summed E-state index contributed by atoms with van der Waals surface area (Å²) in [5, 5.41) is 0. The summed E-state index contributed by atoms with van der Waals surface area (Å²) in [7, 11) is 0. The molecular weight excluding hydrogens is 382 g/mol. The van der Waals surface area contributed by atoms with Gasteiger partial charge in [0.05, 0.1) is 19.3 Å². The second-order valence-electron chi connectivity index (χ2n) is 6.28. The Bertz CT molecular complexity index is 721. The van der Waals surface area contributed by atoms with E-state index in [-0.39, 0.29) is 12.5 Å². The fraction of sp³-hybridized carbons (Fsp3) is 0.368. The molecule has 25 heavy (non-hydrogen) atoms. The number of piperazine rings is 1. The molecule has 0 atom stereocenters. The summed E-state index contributed by atoms with van der Waals surface area (Å²) >= 11 is 3.54. The summed E-state index contributed by atoms with van der Waals surface area (Å²) in [4.78, 5) is 19.8. The van der Waals surface area contributed by atoms with Gasteiger partial charge in [0.1, 0.15) is 18.8 Å². The standard InChI is InChI=1S/C19H22BrN3O2/c1-14-11-16(12-15(2)19(14)20)25-13-18(24)23-9-7-22(8-10-23)17-5-3-4-6-21-17/h3-6,11-12H,7-10,13H2,1-2H3/p+1. The highest BCUT2D eigenvalue weighted by molar-refractivity contribution is 9.10. The van der Waals surface area contributed by atoms with Crippen LogP contribution in [0.3, 0.4) is 0 Å². The number of ether oxygens (including phenoxy) is 1. The third-order valence-corrected chi connectivity index (χ3v) is 5.69. The molecule has 6 heteroatoms. The molecule has 2 heterocycles. The van der Waals surface area contributed by atoms with Crippen molar-refractivity contribution in [3.8, 4) is 5.75 Å². The Labute approximate surface area is 156 Å². The van der Waals surface area contributed by atoms with Crippen LogP contribution in [0.1, 0.15) is 11.1 Å².